The van der Waals surface area contributed by atoms with Gasteiger partial charge in [0.15, 0.2) is 5.78 Å². The third kappa shape index (κ3) is 8.85. The van der Waals surface area contributed by atoms with Crippen LogP contribution in [0.3, 0.4) is 0 Å². The normalized spacial score (nSPS) is 14.6. The first-order chi connectivity index (χ1) is 19.6. The van der Waals surface area contributed by atoms with Crippen molar-refractivity contribution in [2.24, 2.45) is 5.92 Å². The lowest BCUT2D eigenvalue weighted by Gasteiger charge is -2.39. The molecule has 0 aromatic heterocycles. The van der Waals surface area contributed by atoms with Gasteiger partial charge in [-0.2, -0.15) is 0 Å². The van der Waals surface area contributed by atoms with Gasteiger partial charge in [-0.25, -0.2) is 4.39 Å². The number of benzene rings is 3. The van der Waals surface area contributed by atoms with E-state index in [4.69, 9.17) is 9.47 Å². The van der Waals surface area contributed by atoms with E-state index in [1.165, 1.54) is 24.3 Å². The average molecular weight is 566 g/mol. The molecular weight excluding hydrogens is 528 g/mol. The lowest BCUT2D eigenvalue weighted by Crippen LogP contribution is -2.47. The maximum atomic E-state index is 13.4. The molecule has 6 nitrogen and oxygen atoms in total. The van der Waals surface area contributed by atoms with Crippen LogP contribution in [-0.4, -0.2) is 47.1 Å². The second-order valence-corrected chi connectivity index (χ2v) is 11.1. The summed E-state index contributed by atoms with van der Waals surface area (Å²) in [7, 11) is 0. The number of aliphatic hydroxyl groups is 1. The number of nitrogens with zero attached hydrogens (tertiary/aromatic N) is 1. The van der Waals surface area contributed by atoms with Crippen molar-refractivity contribution in [3.05, 3.63) is 83.7 Å². The van der Waals surface area contributed by atoms with E-state index < -0.39 is 12.3 Å². The van der Waals surface area contributed by atoms with Crippen LogP contribution in [0.5, 0.6) is 23.0 Å². The minimum absolute atomic E-state index is 0.0578. The molecule has 8 heteroatoms. The number of hydrogen-bond acceptors (Lipinski definition) is 5. The van der Waals surface area contributed by atoms with Gasteiger partial charge in [-0.15, -0.1) is 0 Å². The highest BCUT2D eigenvalue weighted by molar-refractivity contribution is 5.96. The highest BCUT2D eigenvalue weighted by Gasteiger charge is 2.34. The molecule has 0 atom stereocenters. The van der Waals surface area contributed by atoms with E-state index in [0.717, 1.165) is 0 Å². The number of Topliss-reactive ketones (excluding diaryl/α,β-unsaturated/α-hetero) is 1. The molecule has 4 rings (SSSR count). The highest BCUT2D eigenvalue weighted by Crippen LogP contribution is 2.32. The molecule has 1 fully saturated rings. The van der Waals surface area contributed by atoms with E-state index >= 15 is 0 Å². The SMILES string of the molecule is CC(C)CC1(O)CCN(C(=O)Cc2cc(Oc3ccc(F)cc3)cc(Oc3ccc(C(=O)CCCF)cc3)c2)CC1. The molecule has 41 heavy (non-hydrogen) atoms. The number of likely N-dealkylation sites (tertiary alicyclic amines) is 1. The minimum atomic E-state index is -0.734. The van der Waals surface area contributed by atoms with Crippen molar-refractivity contribution in [3.63, 3.8) is 0 Å². The Balaban J connectivity index is 1.50. The molecule has 1 aliphatic rings. The van der Waals surface area contributed by atoms with Crippen LogP contribution in [-0.2, 0) is 11.2 Å². The summed E-state index contributed by atoms with van der Waals surface area (Å²) in [5.74, 6) is 1.55. The number of hydrogen-bond donors (Lipinski definition) is 1. The number of amides is 1. The molecule has 0 unspecified atom stereocenters. The van der Waals surface area contributed by atoms with Crippen LogP contribution in [0.4, 0.5) is 8.78 Å². The predicted octanol–water partition coefficient (Wildman–Crippen LogP) is 7.28. The zero-order valence-corrected chi connectivity index (χ0v) is 23.6. The summed E-state index contributed by atoms with van der Waals surface area (Å²) in [6.07, 6.45) is 2.25. The summed E-state index contributed by atoms with van der Waals surface area (Å²) in [4.78, 5) is 27.2. The van der Waals surface area contributed by atoms with Crippen LogP contribution in [0, 0.1) is 11.7 Å². The van der Waals surface area contributed by atoms with E-state index in [1.807, 2.05) is 0 Å². The third-order valence-electron chi connectivity index (χ3n) is 7.13. The van der Waals surface area contributed by atoms with Crippen molar-refractivity contribution in [3.8, 4) is 23.0 Å². The van der Waals surface area contributed by atoms with Crippen LogP contribution in [0.2, 0.25) is 0 Å². The van der Waals surface area contributed by atoms with Gasteiger partial charge in [-0.3, -0.25) is 14.0 Å². The number of halogens is 2. The molecule has 3 aromatic rings. The largest absolute Gasteiger partial charge is 0.457 e. The van der Waals surface area contributed by atoms with E-state index in [0.29, 0.717) is 72.4 Å². The minimum Gasteiger partial charge on any atom is -0.457 e. The van der Waals surface area contributed by atoms with Gasteiger partial charge >= 0.3 is 0 Å². The number of ketones is 1. The first-order valence-electron chi connectivity index (χ1n) is 14.1. The Kier molecular flexibility index (Phi) is 10.1. The molecule has 0 bridgehead atoms. The Morgan fingerprint density at radius 3 is 2.00 bits per heavy atom. The molecule has 218 valence electrons. The van der Waals surface area contributed by atoms with Crippen LogP contribution >= 0.6 is 0 Å². The Bertz CT molecular complexity index is 1320. The second-order valence-electron chi connectivity index (χ2n) is 11.1. The molecule has 1 saturated heterocycles. The van der Waals surface area contributed by atoms with Gasteiger partial charge in [0.2, 0.25) is 5.91 Å². The second kappa shape index (κ2) is 13.7. The Labute approximate surface area is 239 Å². The first-order valence-corrected chi connectivity index (χ1v) is 14.1. The zero-order valence-electron chi connectivity index (χ0n) is 23.6. The van der Waals surface area contributed by atoms with Gasteiger partial charge in [-0.05, 0) is 97.8 Å². The number of carbonyl (C=O) groups excluding carboxylic acids is 2. The molecule has 1 amide bonds. The van der Waals surface area contributed by atoms with Crippen molar-refractivity contribution in [1.29, 1.82) is 0 Å². The fourth-order valence-electron chi connectivity index (χ4n) is 5.13. The lowest BCUT2D eigenvalue weighted by molar-refractivity contribution is -0.135. The maximum Gasteiger partial charge on any atom is 0.226 e. The van der Waals surface area contributed by atoms with Crippen LogP contribution in [0.1, 0.15) is 61.9 Å². The summed E-state index contributed by atoms with van der Waals surface area (Å²) in [5, 5.41) is 10.9. The van der Waals surface area contributed by atoms with Crippen molar-refractivity contribution in [2.75, 3.05) is 19.8 Å². The summed E-state index contributed by atoms with van der Waals surface area (Å²) in [5.41, 5.74) is 0.417. The fraction of sp³-hybridized carbons (Fsp3) is 0.394. The van der Waals surface area contributed by atoms with Crippen molar-refractivity contribution in [2.45, 2.75) is 58.0 Å². The Hall–Kier alpha value is -3.78. The van der Waals surface area contributed by atoms with Crippen LogP contribution in [0.15, 0.2) is 66.7 Å². The van der Waals surface area contributed by atoms with Gasteiger partial charge in [0.25, 0.3) is 0 Å². The van der Waals surface area contributed by atoms with E-state index in [-0.39, 0.29) is 36.8 Å². The molecule has 0 radical (unpaired) electrons. The highest BCUT2D eigenvalue weighted by atomic mass is 19.1. The summed E-state index contributed by atoms with van der Waals surface area (Å²) >= 11 is 0. The first kappa shape index (κ1) is 30.2. The van der Waals surface area contributed by atoms with Crippen molar-refractivity contribution in [1.82, 2.24) is 4.90 Å². The topological polar surface area (TPSA) is 76.1 Å². The number of ether oxygens (including phenoxy) is 2. The van der Waals surface area contributed by atoms with E-state index in [2.05, 4.69) is 13.8 Å². The molecule has 1 aliphatic heterocycles. The molecule has 3 aromatic carbocycles. The van der Waals surface area contributed by atoms with Gasteiger partial charge in [0.05, 0.1) is 18.7 Å². The monoisotopic (exact) mass is 565 g/mol. The van der Waals surface area contributed by atoms with Crippen molar-refractivity contribution >= 4 is 11.7 Å². The molecule has 0 aliphatic carbocycles. The summed E-state index contributed by atoms with van der Waals surface area (Å²) in [6, 6.07) is 17.4. The number of rotatable bonds is 12. The number of alkyl halides is 1. The summed E-state index contributed by atoms with van der Waals surface area (Å²) < 4.78 is 37.8. The van der Waals surface area contributed by atoms with Gasteiger partial charge in [0.1, 0.15) is 28.8 Å². The quantitative estimate of drug-likeness (QED) is 0.234. The molecule has 0 saturated carbocycles. The Morgan fingerprint density at radius 1 is 0.902 bits per heavy atom. The fourth-order valence-corrected chi connectivity index (χ4v) is 5.13. The Morgan fingerprint density at radius 2 is 1.46 bits per heavy atom. The molecule has 0 spiro atoms. The lowest BCUT2D eigenvalue weighted by atomic mass is 9.84. The van der Waals surface area contributed by atoms with Gasteiger partial charge in [0, 0.05) is 31.1 Å². The smallest absolute Gasteiger partial charge is 0.226 e. The van der Waals surface area contributed by atoms with Crippen LogP contribution < -0.4 is 9.47 Å². The summed E-state index contributed by atoms with van der Waals surface area (Å²) in [6.45, 7) is 4.62. The molecular formula is C33H37F2NO5. The molecule has 1 N–H and O–H groups in total. The van der Waals surface area contributed by atoms with Crippen LogP contribution in [0.25, 0.3) is 0 Å². The van der Waals surface area contributed by atoms with Gasteiger partial charge < -0.3 is 19.5 Å². The van der Waals surface area contributed by atoms with Crippen molar-refractivity contribution < 1.29 is 33.0 Å². The predicted molar refractivity (Wildman–Crippen MR) is 153 cm³/mol. The number of carbonyl (C=O) groups is 2. The standard InChI is InChI=1S/C33H37F2NO5/c1-23(2)22-33(39)13-16-36(17-14-33)32(38)20-24-18-29(21-30(19-24)41-28-11-7-26(35)8-12-28)40-27-9-5-25(6-10-27)31(37)4-3-15-34/h5-12,18-19,21,23,39H,3-4,13-17,20,22H2,1-2H3. The average Bonchev–Trinajstić information content (AvgIpc) is 2.93. The zero-order chi connectivity index (χ0) is 29.4. The third-order valence-corrected chi connectivity index (χ3v) is 7.13. The maximum absolute atomic E-state index is 13.4. The van der Waals surface area contributed by atoms with E-state index in [9.17, 15) is 23.5 Å². The van der Waals surface area contributed by atoms with E-state index in [1.54, 1.807) is 47.4 Å². The van der Waals surface area contributed by atoms with Gasteiger partial charge in [-0.1, -0.05) is 13.8 Å². The number of piperidine rings is 1. The molecule has 1 heterocycles.